The zero-order valence-electron chi connectivity index (χ0n) is 15.2. The van der Waals surface area contributed by atoms with Crippen LogP contribution in [0, 0.1) is 20.7 Å². The molecule has 0 bridgehead atoms. The first-order valence-electron chi connectivity index (χ1n) is 8.71. The van der Waals surface area contributed by atoms with Gasteiger partial charge in [-0.1, -0.05) is 42.5 Å². The fraction of sp³-hybridized carbons (Fsp3) is 0.0435. The monoisotopic (exact) mass is 498 g/mol. The number of ether oxygens (including phenoxy) is 1. The van der Waals surface area contributed by atoms with Crippen molar-refractivity contribution in [3.63, 3.8) is 0 Å². The summed E-state index contributed by atoms with van der Waals surface area (Å²) in [6.45, 7) is 0.115. The van der Waals surface area contributed by atoms with Crippen LogP contribution in [0.2, 0.25) is 0 Å². The molecular formula is C23H16FIN2O2. The van der Waals surface area contributed by atoms with Crippen molar-refractivity contribution >= 4 is 40.3 Å². The maximum Gasteiger partial charge on any atom is 0.266 e. The molecule has 144 valence electrons. The zero-order valence-corrected chi connectivity index (χ0v) is 17.4. The molecule has 1 N–H and O–H groups in total. The van der Waals surface area contributed by atoms with Crippen LogP contribution in [0.5, 0.6) is 5.75 Å². The molecule has 0 radical (unpaired) electrons. The fourth-order valence-corrected chi connectivity index (χ4v) is 3.03. The molecule has 0 unspecified atom stereocenters. The summed E-state index contributed by atoms with van der Waals surface area (Å²) in [5.41, 5.74) is 1.79. The van der Waals surface area contributed by atoms with E-state index in [2.05, 4.69) is 27.9 Å². The molecule has 0 heterocycles. The van der Waals surface area contributed by atoms with E-state index in [1.165, 1.54) is 12.1 Å². The van der Waals surface area contributed by atoms with Crippen molar-refractivity contribution in [2.45, 2.75) is 6.61 Å². The van der Waals surface area contributed by atoms with Crippen LogP contribution in [-0.2, 0) is 11.4 Å². The lowest BCUT2D eigenvalue weighted by molar-refractivity contribution is -0.112. The van der Waals surface area contributed by atoms with Gasteiger partial charge < -0.3 is 10.1 Å². The molecule has 3 aromatic rings. The molecule has 6 heteroatoms. The Hall–Kier alpha value is -3.18. The van der Waals surface area contributed by atoms with E-state index in [0.29, 0.717) is 22.6 Å². The van der Waals surface area contributed by atoms with Crippen LogP contribution in [0.3, 0.4) is 0 Å². The SMILES string of the molecule is N#CC(=Cc1ccc(OCc2ccccc2F)cc1)C(=O)Nc1ccccc1I. The average molecular weight is 498 g/mol. The Labute approximate surface area is 181 Å². The van der Waals surface area contributed by atoms with Crippen molar-refractivity contribution in [3.05, 3.63) is 98.9 Å². The molecule has 0 aliphatic carbocycles. The van der Waals surface area contributed by atoms with Gasteiger partial charge in [0.15, 0.2) is 0 Å². The summed E-state index contributed by atoms with van der Waals surface area (Å²) in [6, 6.07) is 22.6. The molecule has 0 aliphatic rings. The van der Waals surface area contributed by atoms with Gasteiger partial charge in [0.25, 0.3) is 5.91 Å². The quantitative estimate of drug-likeness (QED) is 0.275. The zero-order chi connectivity index (χ0) is 20.6. The molecule has 0 atom stereocenters. The Morgan fingerprint density at radius 3 is 2.45 bits per heavy atom. The largest absolute Gasteiger partial charge is 0.489 e. The first-order valence-corrected chi connectivity index (χ1v) is 9.78. The number of nitrogens with one attached hydrogen (secondary N) is 1. The topological polar surface area (TPSA) is 62.1 Å². The normalized spacial score (nSPS) is 10.9. The number of amides is 1. The molecule has 0 saturated heterocycles. The lowest BCUT2D eigenvalue weighted by atomic mass is 10.1. The minimum atomic E-state index is -0.475. The molecule has 1 amide bonds. The minimum absolute atomic E-state index is 0.00956. The van der Waals surface area contributed by atoms with E-state index in [9.17, 15) is 14.4 Å². The highest BCUT2D eigenvalue weighted by Crippen LogP contribution is 2.20. The highest BCUT2D eigenvalue weighted by molar-refractivity contribution is 14.1. The summed E-state index contributed by atoms with van der Waals surface area (Å²) in [6.07, 6.45) is 1.51. The average Bonchev–Trinajstić information content (AvgIpc) is 2.74. The van der Waals surface area contributed by atoms with E-state index in [0.717, 1.165) is 3.57 Å². The second-order valence-corrected chi connectivity index (χ2v) is 7.22. The predicted molar refractivity (Wildman–Crippen MR) is 119 cm³/mol. The number of rotatable bonds is 6. The van der Waals surface area contributed by atoms with Crippen molar-refractivity contribution in [2.75, 3.05) is 5.32 Å². The van der Waals surface area contributed by atoms with Gasteiger partial charge >= 0.3 is 0 Å². The third kappa shape index (κ3) is 5.65. The number of nitrogens with zero attached hydrogens (tertiary/aromatic N) is 1. The van der Waals surface area contributed by atoms with Crippen LogP contribution in [0.1, 0.15) is 11.1 Å². The Morgan fingerprint density at radius 1 is 1.07 bits per heavy atom. The summed E-state index contributed by atoms with van der Waals surface area (Å²) in [7, 11) is 0. The molecule has 0 saturated carbocycles. The lowest BCUT2D eigenvalue weighted by Gasteiger charge is -2.08. The number of hydrogen-bond acceptors (Lipinski definition) is 3. The predicted octanol–water partition coefficient (Wildman–Crippen LogP) is 5.55. The highest BCUT2D eigenvalue weighted by Gasteiger charge is 2.11. The molecule has 0 aromatic heterocycles. The van der Waals surface area contributed by atoms with E-state index < -0.39 is 5.91 Å². The Bertz CT molecular complexity index is 1090. The first kappa shape index (κ1) is 20.6. The third-order valence-corrected chi connectivity index (χ3v) is 4.97. The third-order valence-electron chi connectivity index (χ3n) is 4.03. The number of hydrogen-bond donors (Lipinski definition) is 1. The lowest BCUT2D eigenvalue weighted by Crippen LogP contribution is -2.14. The molecule has 4 nitrogen and oxygen atoms in total. The molecule has 0 fully saturated rings. The molecular weight excluding hydrogens is 482 g/mol. The smallest absolute Gasteiger partial charge is 0.266 e. The van der Waals surface area contributed by atoms with E-state index in [1.807, 2.05) is 24.3 Å². The van der Waals surface area contributed by atoms with Crippen LogP contribution in [0.25, 0.3) is 6.08 Å². The van der Waals surface area contributed by atoms with Crippen LogP contribution in [-0.4, -0.2) is 5.91 Å². The van der Waals surface area contributed by atoms with Gasteiger partial charge in [-0.2, -0.15) is 5.26 Å². The summed E-state index contributed by atoms with van der Waals surface area (Å²) >= 11 is 2.12. The number of carbonyl (C=O) groups excluding carboxylic acids is 1. The maximum absolute atomic E-state index is 13.6. The van der Waals surface area contributed by atoms with Gasteiger partial charge in [0, 0.05) is 9.13 Å². The highest BCUT2D eigenvalue weighted by atomic mass is 127. The van der Waals surface area contributed by atoms with Crippen molar-refractivity contribution in [1.29, 1.82) is 5.26 Å². The van der Waals surface area contributed by atoms with Crippen molar-refractivity contribution in [3.8, 4) is 11.8 Å². The number of anilines is 1. The summed E-state index contributed by atoms with van der Waals surface area (Å²) < 4.78 is 20.1. The maximum atomic E-state index is 13.6. The number of carbonyl (C=O) groups is 1. The fourth-order valence-electron chi connectivity index (χ4n) is 2.50. The molecule has 0 aliphatic heterocycles. The molecule has 29 heavy (non-hydrogen) atoms. The summed E-state index contributed by atoms with van der Waals surface area (Å²) in [5.74, 6) is -0.228. The van der Waals surface area contributed by atoms with Crippen molar-refractivity contribution < 1.29 is 13.9 Å². The molecule has 3 rings (SSSR count). The number of para-hydroxylation sites is 1. The standard InChI is InChI=1S/C23H16FIN2O2/c24-20-6-2-1-5-17(20)15-29-19-11-9-16(10-12-19)13-18(14-26)23(28)27-22-8-4-3-7-21(22)25/h1-13H,15H2,(H,27,28). The Kier molecular flexibility index (Phi) is 6.98. The Morgan fingerprint density at radius 2 is 1.76 bits per heavy atom. The molecule has 0 spiro atoms. The van der Waals surface area contributed by atoms with Gasteiger partial charge in [0.2, 0.25) is 0 Å². The van der Waals surface area contributed by atoms with E-state index in [1.54, 1.807) is 48.5 Å². The van der Waals surface area contributed by atoms with E-state index >= 15 is 0 Å². The van der Waals surface area contributed by atoms with Crippen LogP contribution in [0.4, 0.5) is 10.1 Å². The van der Waals surface area contributed by atoms with Crippen LogP contribution < -0.4 is 10.1 Å². The van der Waals surface area contributed by atoms with Crippen LogP contribution >= 0.6 is 22.6 Å². The van der Waals surface area contributed by atoms with Gasteiger partial charge in [0.05, 0.1) is 5.69 Å². The second kappa shape index (κ2) is 9.85. The second-order valence-electron chi connectivity index (χ2n) is 6.05. The van der Waals surface area contributed by atoms with Gasteiger partial charge in [-0.3, -0.25) is 4.79 Å². The van der Waals surface area contributed by atoms with Gasteiger partial charge in [-0.05, 0) is 64.6 Å². The van der Waals surface area contributed by atoms with E-state index in [-0.39, 0.29) is 18.0 Å². The van der Waals surface area contributed by atoms with E-state index in [4.69, 9.17) is 4.74 Å². The first-order chi connectivity index (χ1) is 14.1. The molecule has 3 aromatic carbocycles. The number of benzene rings is 3. The Balaban J connectivity index is 1.67. The van der Waals surface area contributed by atoms with Gasteiger partial charge in [0.1, 0.15) is 29.8 Å². The van der Waals surface area contributed by atoms with Gasteiger partial charge in [-0.15, -0.1) is 0 Å². The summed E-state index contributed by atoms with van der Waals surface area (Å²) in [4.78, 5) is 12.4. The van der Waals surface area contributed by atoms with Gasteiger partial charge in [-0.25, -0.2) is 4.39 Å². The van der Waals surface area contributed by atoms with Crippen LogP contribution in [0.15, 0.2) is 78.4 Å². The minimum Gasteiger partial charge on any atom is -0.489 e. The van der Waals surface area contributed by atoms with Crippen molar-refractivity contribution in [2.24, 2.45) is 0 Å². The number of halogens is 2. The number of nitriles is 1. The van der Waals surface area contributed by atoms with Crippen molar-refractivity contribution in [1.82, 2.24) is 0 Å². The summed E-state index contributed by atoms with van der Waals surface area (Å²) in [5, 5.41) is 12.1.